The Morgan fingerprint density at radius 2 is 1.51 bits per heavy atom. The number of hydrogen-bond acceptors (Lipinski definition) is 4. The van der Waals surface area contributed by atoms with Gasteiger partial charge in [-0.05, 0) is 65.7 Å². The van der Waals surface area contributed by atoms with E-state index in [1.165, 1.54) is 36.4 Å². The average Bonchev–Trinajstić information content (AvgIpc) is 2.95. The van der Waals surface area contributed by atoms with Gasteiger partial charge in [0.2, 0.25) is 5.91 Å². The summed E-state index contributed by atoms with van der Waals surface area (Å²) < 4.78 is 86.4. The third kappa shape index (κ3) is 7.77. The highest BCUT2D eigenvalue weighted by Crippen LogP contribution is 2.37. The number of benzene rings is 4. The van der Waals surface area contributed by atoms with Crippen LogP contribution >= 0.6 is 11.6 Å². The van der Waals surface area contributed by atoms with Crippen LogP contribution in [0.3, 0.4) is 0 Å². The normalized spacial score (nSPS) is 11.6. The number of amides is 1. The SMILES string of the molecule is O=C(CN(c1cc(C(F)(F)F)ccc1Cl)S(=O)(=O)c1ccccc1)NCc1ccc(OCc2ccc(F)cc2)cc1. The molecule has 0 atom stereocenters. The van der Waals surface area contributed by atoms with Gasteiger partial charge in [0, 0.05) is 6.54 Å². The molecule has 0 spiro atoms. The highest BCUT2D eigenvalue weighted by Gasteiger charge is 2.34. The Balaban J connectivity index is 1.48. The first-order valence-electron chi connectivity index (χ1n) is 12.1. The lowest BCUT2D eigenvalue weighted by Crippen LogP contribution is -2.41. The predicted molar refractivity (Wildman–Crippen MR) is 146 cm³/mol. The first-order valence-corrected chi connectivity index (χ1v) is 13.9. The molecule has 214 valence electrons. The van der Waals surface area contributed by atoms with Crippen LogP contribution in [0.25, 0.3) is 0 Å². The number of sulfonamides is 1. The molecule has 41 heavy (non-hydrogen) atoms. The molecule has 0 aliphatic heterocycles. The number of halogens is 5. The quantitative estimate of drug-likeness (QED) is 0.207. The smallest absolute Gasteiger partial charge is 0.416 e. The largest absolute Gasteiger partial charge is 0.489 e. The Kier molecular flexibility index (Phi) is 9.19. The molecule has 1 N–H and O–H groups in total. The van der Waals surface area contributed by atoms with Gasteiger partial charge < -0.3 is 10.1 Å². The van der Waals surface area contributed by atoms with Crippen molar-refractivity contribution in [3.63, 3.8) is 0 Å². The fourth-order valence-electron chi connectivity index (χ4n) is 3.74. The molecule has 0 radical (unpaired) electrons. The molecule has 4 rings (SSSR count). The number of alkyl halides is 3. The maximum Gasteiger partial charge on any atom is 0.416 e. The van der Waals surface area contributed by atoms with Gasteiger partial charge in [0.15, 0.2) is 0 Å². The first-order chi connectivity index (χ1) is 19.4. The number of hydrogen-bond donors (Lipinski definition) is 1. The lowest BCUT2D eigenvalue weighted by molar-refractivity contribution is -0.137. The standard InChI is InChI=1S/C29H23ClF4N2O4S/c30-26-15-10-22(29(32,33)34)16-27(26)36(41(38,39)25-4-2-1-3-5-25)18-28(37)35-17-20-8-13-24(14-9-20)40-19-21-6-11-23(31)12-7-21/h1-16H,17-19H2,(H,35,37). The van der Waals surface area contributed by atoms with E-state index in [4.69, 9.17) is 16.3 Å². The molecule has 0 heterocycles. The van der Waals surface area contributed by atoms with E-state index in [-0.39, 0.29) is 28.9 Å². The van der Waals surface area contributed by atoms with Crippen molar-refractivity contribution in [1.29, 1.82) is 0 Å². The van der Waals surface area contributed by atoms with Gasteiger partial charge in [-0.1, -0.05) is 54.1 Å². The van der Waals surface area contributed by atoms with Crippen molar-refractivity contribution < 1.29 is 35.5 Å². The van der Waals surface area contributed by atoms with E-state index in [1.54, 1.807) is 42.5 Å². The second-order valence-electron chi connectivity index (χ2n) is 8.82. The lowest BCUT2D eigenvalue weighted by Gasteiger charge is -2.26. The molecule has 12 heteroatoms. The van der Waals surface area contributed by atoms with E-state index >= 15 is 0 Å². The molecule has 0 aliphatic rings. The fourth-order valence-corrected chi connectivity index (χ4v) is 5.46. The summed E-state index contributed by atoms with van der Waals surface area (Å²) in [5.74, 6) is -0.586. The summed E-state index contributed by atoms with van der Waals surface area (Å²) in [6.45, 7) is -0.593. The van der Waals surface area contributed by atoms with Crippen molar-refractivity contribution in [3.8, 4) is 5.75 Å². The van der Waals surface area contributed by atoms with Crippen molar-refractivity contribution in [3.05, 3.63) is 125 Å². The van der Waals surface area contributed by atoms with Crippen molar-refractivity contribution >= 4 is 33.2 Å². The molecule has 0 saturated heterocycles. The topological polar surface area (TPSA) is 75.7 Å². The predicted octanol–water partition coefficient (Wildman–Crippen LogP) is 6.59. The summed E-state index contributed by atoms with van der Waals surface area (Å²) in [7, 11) is -4.47. The Hall–Kier alpha value is -4.09. The Morgan fingerprint density at radius 3 is 2.15 bits per heavy atom. The zero-order chi connectivity index (χ0) is 29.6. The van der Waals surface area contributed by atoms with Gasteiger partial charge in [0.1, 0.15) is 24.7 Å². The number of carbonyl (C=O) groups excluding carboxylic acids is 1. The average molecular weight is 607 g/mol. The van der Waals surface area contributed by atoms with Crippen molar-refractivity contribution in [1.82, 2.24) is 5.32 Å². The van der Waals surface area contributed by atoms with Gasteiger partial charge in [0.05, 0.1) is 21.2 Å². The fraction of sp³-hybridized carbons (Fsp3) is 0.138. The van der Waals surface area contributed by atoms with Crippen molar-refractivity contribution in [2.24, 2.45) is 0 Å². The molecule has 0 aliphatic carbocycles. The van der Waals surface area contributed by atoms with Crippen LogP contribution in [0.5, 0.6) is 5.75 Å². The molecule has 0 saturated carbocycles. The van der Waals surface area contributed by atoms with Gasteiger partial charge in [-0.25, -0.2) is 12.8 Å². The molecule has 1 amide bonds. The summed E-state index contributed by atoms with van der Waals surface area (Å²) in [4.78, 5) is 12.7. The van der Waals surface area contributed by atoms with E-state index in [2.05, 4.69) is 5.32 Å². The maximum atomic E-state index is 13.4. The highest BCUT2D eigenvalue weighted by atomic mass is 35.5. The van der Waals surface area contributed by atoms with Gasteiger partial charge in [-0.3, -0.25) is 9.10 Å². The van der Waals surface area contributed by atoms with Crippen LogP contribution in [0.15, 0.2) is 102 Å². The molecule has 0 bridgehead atoms. The lowest BCUT2D eigenvalue weighted by atomic mass is 10.2. The van der Waals surface area contributed by atoms with Crippen molar-refractivity contribution in [2.75, 3.05) is 10.8 Å². The Bertz CT molecular complexity index is 1600. The zero-order valence-electron chi connectivity index (χ0n) is 21.2. The van der Waals surface area contributed by atoms with E-state index in [1.807, 2.05) is 0 Å². The highest BCUT2D eigenvalue weighted by molar-refractivity contribution is 7.92. The summed E-state index contributed by atoms with van der Waals surface area (Å²) in [6.07, 6.45) is -4.77. The molecule has 4 aromatic rings. The van der Waals surface area contributed by atoms with Crippen LogP contribution in [-0.2, 0) is 34.1 Å². The second kappa shape index (κ2) is 12.6. The number of anilines is 1. The van der Waals surface area contributed by atoms with Crippen LogP contribution < -0.4 is 14.4 Å². The Labute approximate surface area is 239 Å². The van der Waals surface area contributed by atoms with Crippen LogP contribution in [0.4, 0.5) is 23.2 Å². The third-order valence-electron chi connectivity index (χ3n) is 5.89. The minimum Gasteiger partial charge on any atom is -0.489 e. The van der Waals surface area contributed by atoms with E-state index < -0.39 is 39.9 Å². The van der Waals surface area contributed by atoms with Gasteiger partial charge in [-0.2, -0.15) is 13.2 Å². The molecule has 0 unspecified atom stereocenters. The maximum absolute atomic E-state index is 13.4. The minimum absolute atomic E-state index is 0.00657. The third-order valence-corrected chi connectivity index (χ3v) is 7.99. The van der Waals surface area contributed by atoms with Crippen LogP contribution in [0.1, 0.15) is 16.7 Å². The number of nitrogens with zero attached hydrogens (tertiary/aromatic N) is 1. The summed E-state index contributed by atoms with van der Waals surface area (Å²) >= 11 is 6.14. The molecule has 0 aromatic heterocycles. The molecule has 6 nitrogen and oxygen atoms in total. The first kappa shape index (κ1) is 29.9. The monoisotopic (exact) mass is 606 g/mol. The van der Waals surface area contributed by atoms with Crippen LogP contribution in [0, 0.1) is 5.82 Å². The van der Waals surface area contributed by atoms with Crippen LogP contribution in [0.2, 0.25) is 5.02 Å². The number of rotatable bonds is 10. The minimum atomic E-state index is -4.77. The number of nitrogens with one attached hydrogen (secondary N) is 1. The molecule has 0 fully saturated rings. The summed E-state index contributed by atoms with van der Waals surface area (Å²) in [6, 6.07) is 21.8. The molecule has 4 aromatic carbocycles. The van der Waals surface area contributed by atoms with E-state index in [0.717, 1.165) is 17.7 Å². The summed E-state index contributed by atoms with van der Waals surface area (Å²) in [5, 5.41) is 2.31. The second-order valence-corrected chi connectivity index (χ2v) is 11.1. The Morgan fingerprint density at radius 1 is 0.878 bits per heavy atom. The van der Waals surface area contributed by atoms with Gasteiger partial charge in [-0.15, -0.1) is 0 Å². The number of carbonyl (C=O) groups is 1. The molecular formula is C29H23ClF4N2O4S. The number of ether oxygens (including phenoxy) is 1. The van der Waals surface area contributed by atoms with Gasteiger partial charge >= 0.3 is 6.18 Å². The molecular weight excluding hydrogens is 584 g/mol. The summed E-state index contributed by atoms with van der Waals surface area (Å²) in [5.41, 5.74) is -0.170. The zero-order valence-corrected chi connectivity index (χ0v) is 22.8. The van der Waals surface area contributed by atoms with Crippen LogP contribution in [-0.4, -0.2) is 20.9 Å². The van der Waals surface area contributed by atoms with Gasteiger partial charge in [0.25, 0.3) is 10.0 Å². The van der Waals surface area contributed by atoms with Crippen molar-refractivity contribution in [2.45, 2.75) is 24.2 Å². The van der Waals surface area contributed by atoms with E-state index in [0.29, 0.717) is 21.7 Å². The van der Waals surface area contributed by atoms with E-state index in [9.17, 15) is 30.8 Å².